The molecule has 0 amide bonds. The first-order chi connectivity index (χ1) is 10.5. The monoisotopic (exact) mass is 302 g/mol. The van der Waals surface area contributed by atoms with Gasteiger partial charge in [0.15, 0.2) is 0 Å². The Labute approximate surface area is 126 Å². The molecule has 0 saturated heterocycles. The van der Waals surface area contributed by atoms with Gasteiger partial charge < -0.3 is 0 Å². The highest BCUT2D eigenvalue weighted by Gasteiger charge is 2.08. The van der Waals surface area contributed by atoms with Crippen LogP contribution in [0.25, 0.3) is 0 Å². The van der Waals surface area contributed by atoms with Crippen molar-refractivity contribution in [3.05, 3.63) is 79.9 Å². The molecule has 0 bridgehead atoms. The van der Waals surface area contributed by atoms with Crippen LogP contribution in [0.5, 0.6) is 0 Å². The molecule has 2 aromatic carbocycles. The summed E-state index contributed by atoms with van der Waals surface area (Å²) in [6.45, 7) is 0.823. The summed E-state index contributed by atoms with van der Waals surface area (Å²) in [5.74, 6) is 5.90. The highest BCUT2D eigenvalue weighted by Crippen LogP contribution is 2.15. The van der Waals surface area contributed by atoms with Crippen molar-refractivity contribution in [2.24, 2.45) is 5.84 Å². The van der Waals surface area contributed by atoms with E-state index in [4.69, 9.17) is 5.84 Å². The van der Waals surface area contributed by atoms with Crippen LogP contribution in [0.1, 0.15) is 11.1 Å². The fraction of sp³-hybridized carbons (Fsp3) is 0.143. The zero-order valence-corrected chi connectivity index (χ0v) is 11.6. The molecular weight excluding hydrogens is 288 g/mol. The van der Waals surface area contributed by atoms with Gasteiger partial charge in [0, 0.05) is 37.4 Å². The summed E-state index contributed by atoms with van der Waals surface area (Å²) in [7, 11) is 0. The highest BCUT2D eigenvalue weighted by atomic mass is 16.6. The van der Waals surface area contributed by atoms with Gasteiger partial charge in [0.2, 0.25) is 0 Å². The standard InChI is InChI=1S/C14H14N4O4/c15-16(9-11-1-5-13(6-2-11)17(19)20)10-12-3-7-14(8-4-12)18(21)22/h1-8H,9-10,15H2. The smallest absolute Gasteiger partial charge is 0.268 e. The number of rotatable bonds is 6. The van der Waals surface area contributed by atoms with Crippen LogP contribution in [-0.4, -0.2) is 14.9 Å². The van der Waals surface area contributed by atoms with E-state index >= 15 is 0 Å². The second kappa shape index (κ2) is 6.74. The third-order valence-electron chi connectivity index (χ3n) is 3.07. The van der Waals surface area contributed by atoms with Crippen molar-refractivity contribution >= 4 is 11.4 Å². The van der Waals surface area contributed by atoms with Gasteiger partial charge in [0.25, 0.3) is 11.4 Å². The number of nitrogens with zero attached hydrogens (tertiary/aromatic N) is 3. The van der Waals surface area contributed by atoms with E-state index in [1.54, 1.807) is 24.3 Å². The van der Waals surface area contributed by atoms with Crippen molar-refractivity contribution in [2.75, 3.05) is 0 Å². The molecule has 8 heteroatoms. The minimum atomic E-state index is -0.457. The molecular formula is C14H14N4O4. The predicted molar refractivity (Wildman–Crippen MR) is 79.6 cm³/mol. The maximum absolute atomic E-state index is 10.6. The second-order valence-corrected chi connectivity index (χ2v) is 4.75. The lowest BCUT2D eigenvalue weighted by molar-refractivity contribution is -0.385. The fourth-order valence-electron chi connectivity index (χ4n) is 1.97. The first kappa shape index (κ1) is 15.5. The van der Waals surface area contributed by atoms with Crippen LogP contribution in [0.2, 0.25) is 0 Å². The largest absolute Gasteiger partial charge is 0.269 e. The molecule has 0 heterocycles. The molecule has 0 aliphatic rings. The van der Waals surface area contributed by atoms with Gasteiger partial charge in [-0.25, -0.2) is 5.01 Å². The van der Waals surface area contributed by atoms with E-state index in [-0.39, 0.29) is 11.4 Å². The van der Waals surface area contributed by atoms with E-state index in [0.29, 0.717) is 13.1 Å². The van der Waals surface area contributed by atoms with Crippen molar-refractivity contribution < 1.29 is 9.85 Å². The second-order valence-electron chi connectivity index (χ2n) is 4.75. The Morgan fingerprint density at radius 2 is 1.09 bits per heavy atom. The summed E-state index contributed by atoms with van der Waals surface area (Å²) in [6.07, 6.45) is 0. The van der Waals surface area contributed by atoms with Crippen LogP contribution >= 0.6 is 0 Å². The molecule has 0 spiro atoms. The maximum atomic E-state index is 10.6. The third-order valence-corrected chi connectivity index (χ3v) is 3.07. The zero-order chi connectivity index (χ0) is 16.1. The quantitative estimate of drug-likeness (QED) is 0.497. The average Bonchev–Trinajstić information content (AvgIpc) is 2.48. The van der Waals surface area contributed by atoms with Crippen LogP contribution < -0.4 is 5.84 Å². The Hall–Kier alpha value is -2.84. The molecule has 2 aromatic rings. The number of non-ortho nitro benzene ring substituents is 2. The summed E-state index contributed by atoms with van der Waals surface area (Å²) in [5.41, 5.74) is 1.75. The van der Waals surface area contributed by atoms with Crippen molar-refractivity contribution in [3.63, 3.8) is 0 Å². The normalized spacial score (nSPS) is 10.6. The first-order valence-corrected chi connectivity index (χ1v) is 6.42. The molecule has 0 aliphatic heterocycles. The van der Waals surface area contributed by atoms with Crippen LogP contribution in [0.3, 0.4) is 0 Å². The van der Waals surface area contributed by atoms with Crippen molar-refractivity contribution in [1.82, 2.24) is 5.01 Å². The lowest BCUT2D eigenvalue weighted by Gasteiger charge is -2.16. The average molecular weight is 302 g/mol. The molecule has 0 radical (unpaired) electrons. The minimum absolute atomic E-state index is 0.0303. The Morgan fingerprint density at radius 3 is 1.36 bits per heavy atom. The summed E-state index contributed by atoms with van der Waals surface area (Å²) in [5, 5.41) is 22.7. The molecule has 0 unspecified atom stereocenters. The SMILES string of the molecule is NN(Cc1ccc([N+](=O)[O-])cc1)Cc1ccc([N+](=O)[O-])cc1. The van der Waals surface area contributed by atoms with E-state index in [0.717, 1.165) is 11.1 Å². The van der Waals surface area contributed by atoms with Gasteiger partial charge in [-0.3, -0.25) is 26.1 Å². The van der Waals surface area contributed by atoms with Gasteiger partial charge in [-0.05, 0) is 11.1 Å². The number of hydrogen-bond acceptors (Lipinski definition) is 6. The molecule has 22 heavy (non-hydrogen) atoms. The number of hydrogen-bond donors (Lipinski definition) is 1. The summed E-state index contributed by atoms with van der Waals surface area (Å²) < 4.78 is 0. The number of nitrogens with two attached hydrogens (primary N) is 1. The van der Waals surface area contributed by atoms with Crippen molar-refractivity contribution in [1.29, 1.82) is 0 Å². The predicted octanol–water partition coefficient (Wildman–Crippen LogP) is 2.38. The van der Waals surface area contributed by atoms with Gasteiger partial charge in [-0.1, -0.05) is 24.3 Å². The van der Waals surface area contributed by atoms with Gasteiger partial charge in [0.1, 0.15) is 0 Å². The topological polar surface area (TPSA) is 116 Å². The number of nitro groups is 2. The van der Waals surface area contributed by atoms with E-state index in [1.165, 1.54) is 29.3 Å². The molecule has 8 nitrogen and oxygen atoms in total. The van der Waals surface area contributed by atoms with Gasteiger partial charge in [-0.2, -0.15) is 0 Å². The molecule has 2 N–H and O–H groups in total. The van der Waals surface area contributed by atoms with Crippen LogP contribution in [-0.2, 0) is 13.1 Å². The molecule has 0 aliphatic carbocycles. The van der Waals surface area contributed by atoms with E-state index in [9.17, 15) is 20.2 Å². The Bertz CT molecular complexity index is 611. The zero-order valence-electron chi connectivity index (χ0n) is 11.6. The van der Waals surface area contributed by atoms with E-state index in [2.05, 4.69) is 0 Å². The molecule has 0 fully saturated rings. The third kappa shape index (κ3) is 4.08. The number of hydrazine groups is 1. The Morgan fingerprint density at radius 1 is 0.773 bits per heavy atom. The summed E-state index contributed by atoms with van der Waals surface area (Å²) in [6, 6.07) is 12.3. The van der Waals surface area contributed by atoms with Crippen LogP contribution in [0, 0.1) is 20.2 Å². The van der Waals surface area contributed by atoms with Crippen molar-refractivity contribution in [3.8, 4) is 0 Å². The van der Waals surface area contributed by atoms with Gasteiger partial charge in [0.05, 0.1) is 9.85 Å². The van der Waals surface area contributed by atoms with Gasteiger partial charge in [-0.15, -0.1) is 0 Å². The minimum Gasteiger partial charge on any atom is -0.268 e. The first-order valence-electron chi connectivity index (χ1n) is 6.42. The summed E-state index contributed by atoms with van der Waals surface area (Å²) in [4.78, 5) is 20.2. The fourth-order valence-corrected chi connectivity index (χ4v) is 1.97. The van der Waals surface area contributed by atoms with Crippen LogP contribution in [0.4, 0.5) is 11.4 Å². The van der Waals surface area contributed by atoms with Gasteiger partial charge >= 0.3 is 0 Å². The number of benzene rings is 2. The molecule has 0 atom stereocenters. The molecule has 0 saturated carbocycles. The Balaban J connectivity index is 1.95. The lowest BCUT2D eigenvalue weighted by Crippen LogP contribution is -2.29. The van der Waals surface area contributed by atoms with Crippen LogP contribution in [0.15, 0.2) is 48.5 Å². The maximum Gasteiger partial charge on any atom is 0.269 e. The lowest BCUT2D eigenvalue weighted by atomic mass is 10.1. The van der Waals surface area contributed by atoms with E-state index in [1.807, 2.05) is 0 Å². The highest BCUT2D eigenvalue weighted by molar-refractivity contribution is 5.34. The molecule has 0 aromatic heterocycles. The number of nitro benzene ring substituents is 2. The molecule has 114 valence electrons. The van der Waals surface area contributed by atoms with Crippen molar-refractivity contribution in [2.45, 2.75) is 13.1 Å². The summed E-state index contributed by atoms with van der Waals surface area (Å²) >= 11 is 0. The molecule has 2 rings (SSSR count). The Kier molecular flexibility index (Phi) is 4.77. The van der Waals surface area contributed by atoms with E-state index < -0.39 is 9.85 Å².